The number of ketones is 1. The van der Waals surface area contributed by atoms with Crippen LogP contribution in [0.5, 0.6) is 0 Å². The van der Waals surface area contributed by atoms with Crippen LogP contribution in [0.1, 0.15) is 25.7 Å². The van der Waals surface area contributed by atoms with Gasteiger partial charge in [-0.3, -0.25) is 4.79 Å². The van der Waals surface area contributed by atoms with E-state index in [2.05, 4.69) is 26.2 Å². The molecule has 0 spiro atoms. The minimum Gasteiger partial charge on any atom is -0.300 e. The van der Waals surface area contributed by atoms with Crippen LogP contribution in [0.25, 0.3) is 0 Å². The van der Waals surface area contributed by atoms with Crippen LogP contribution in [0.15, 0.2) is 12.7 Å². The van der Waals surface area contributed by atoms with Crippen LogP contribution < -0.4 is 0 Å². The summed E-state index contributed by atoms with van der Waals surface area (Å²) < 4.78 is 0. The maximum atomic E-state index is 11.3. The number of hydrogen-bond donors (Lipinski definition) is 0. The van der Waals surface area contributed by atoms with Crippen molar-refractivity contribution in [2.45, 2.75) is 50.9 Å². The van der Waals surface area contributed by atoms with Gasteiger partial charge in [-0.25, -0.2) is 0 Å². The summed E-state index contributed by atoms with van der Waals surface area (Å²) >= 11 is 0. The highest BCUT2D eigenvalue weighted by atomic mass is 28.3. The molecule has 80 valence electrons. The van der Waals surface area contributed by atoms with E-state index in [-0.39, 0.29) is 0 Å². The Hall–Kier alpha value is -0.373. The van der Waals surface area contributed by atoms with Crippen molar-refractivity contribution >= 4 is 13.9 Å². The Balaban J connectivity index is 2.68. The molecule has 2 atom stereocenters. The first-order valence-electron chi connectivity index (χ1n) is 5.57. The van der Waals surface area contributed by atoms with Crippen LogP contribution in [0, 0.1) is 5.92 Å². The van der Waals surface area contributed by atoms with Crippen LogP contribution >= 0.6 is 0 Å². The topological polar surface area (TPSA) is 17.1 Å². The first-order valence-corrected chi connectivity index (χ1v) is 9.15. The smallest absolute Gasteiger partial charge is 0.133 e. The van der Waals surface area contributed by atoms with E-state index in [1.54, 1.807) is 0 Å². The van der Waals surface area contributed by atoms with Gasteiger partial charge >= 0.3 is 0 Å². The summed E-state index contributed by atoms with van der Waals surface area (Å²) in [6.07, 6.45) is 5.92. The maximum absolute atomic E-state index is 11.3. The Bertz CT molecular complexity index is 227. The summed E-state index contributed by atoms with van der Waals surface area (Å²) in [5.41, 5.74) is 0.756. The van der Waals surface area contributed by atoms with Crippen molar-refractivity contribution in [1.82, 2.24) is 0 Å². The van der Waals surface area contributed by atoms with E-state index in [1.807, 2.05) is 6.08 Å². The highest BCUT2D eigenvalue weighted by Crippen LogP contribution is 2.41. The van der Waals surface area contributed by atoms with E-state index in [1.165, 1.54) is 0 Å². The summed E-state index contributed by atoms with van der Waals surface area (Å²) in [5.74, 6) is 1.13. The molecule has 1 rings (SSSR count). The summed E-state index contributed by atoms with van der Waals surface area (Å²) in [5, 5.41) is 0. The minimum atomic E-state index is -1.13. The lowest BCUT2D eigenvalue weighted by atomic mass is 10.0. The van der Waals surface area contributed by atoms with Crippen molar-refractivity contribution in [1.29, 1.82) is 0 Å². The Labute approximate surface area is 88.6 Å². The van der Waals surface area contributed by atoms with E-state index in [0.29, 0.717) is 11.7 Å². The standard InChI is InChI=1S/C12H22OSi/c1-5-6-12(14(2,3)4)10-7-8-11(13)9-10/h5,10,12H,1,6-9H2,2-4H3. The number of rotatable bonds is 4. The van der Waals surface area contributed by atoms with E-state index in [9.17, 15) is 4.79 Å². The van der Waals surface area contributed by atoms with Gasteiger partial charge in [0.05, 0.1) is 0 Å². The lowest BCUT2D eigenvalue weighted by molar-refractivity contribution is -0.117. The summed E-state index contributed by atoms with van der Waals surface area (Å²) in [6, 6.07) is 0. The fraction of sp³-hybridized carbons (Fsp3) is 0.750. The van der Waals surface area contributed by atoms with Crippen LogP contribution in [0.3, 0.4) is 0 Å². The van der Waals surface area contributed by atoms with E-state index < -0.39 is 8.07 Å². The number of carbonyl (C=O) groups excluding carboxylic acids is 1. The van der Waals surface area contributed by atoms with Crippen LogP contribution in [-0.2, 0) is 4.79 Å². The van der Waals surface area contributed by atoms with Crippen LogP contribution in [0.2, 0.25) is 25.2 Å². The third kappa shape index (κ3) is 2.81. The van der Waals surface area contributed by atoms with Gasteiger partial charge in [0, 0.05) is 20.9 Å². The second kappa shape index (κ2) is 4.43. The van der Waals surface area contributed by atoms with Crippen molar-refractivity contribution in [2.24, 2.45) is 5.92 Å². The normalized spacial score (nSPS) is 25.1. The molecule has 1 saturated carbocycles. The molecule has 0 heterocycles. The zero-order valence-corrected chi connectivity index (χ0v) is 10.7. The van der Waals surface area contributed by atoms with Crippen LogP contribution in [-0.4, -0.2) is 13.9 Å². The van der Waals surface area contributed by atoms with Crippen molar-refractivity contribution in [3.63, 3.8) is 0 Å². The molecule has 1 aliphatic carbocycles. The van der Waals surface area contributed by atoms with Gasteiger partial charge in [-0.1, -0.05) is 25.7 Å². The molecule has 1 aliphatic rings. The number of hydrogen-bond acceptors (Lipinski definition) is 1. The molecule has 0 aliphatic heterocycles. The van der Waals surface area contributed by atoms with Gasteiger partial charge in [-0.15, -0.1) is 6.58 Å². The molecule has 1 fully saturated rings. The molecule has 1 nitrogen and oxygen atoms in total. The molecule has 2 unspecified atom stereocenters. The summed E-state index contributed by atoms with van der Waals surface area (Å²) in [6.45, 7) is 11.1. The lowest BCUT2D eigenvalue weighted by Gasteiger charge is -2.32. The molecule has 0 aromatic carbocycles. The minimum absolute atomic E-state index is 0.474. The van der Waals surface area contributed by atoms with Gasteiger partial charge < -0.3 is 0 Å². The average molecular weight is 210 g/mol. The highest BCUT2D eigenvalue weighted by molar-refractivity contribution is 6.77. The summed E-state index contributed by atoms with van der Waals surface area (Å²) in [7, 11) is -1.13. The second-order valence-electron chi connectivity index (χ2n) is 5.54. The molecule has 0 aromatic rings. The van der Waals surface area contributed by atoms with E-state index in [4.69, 9.17) is 0 Å². The Morgan fingerprint density at radius 1 is 1.57 bits per heavy atom. The van der Waals surface area contributed by atoms with E-state index >= 15 is 0 Å². The van der Waals surface area contributed by atoms with Crippen molar-refractivity contribution in [3.05, 3.63) is 12.7 Å². The quantitative estimate of drug-likeness (QED) is 0.511. The summed E-state index contributed by atoms with van der Waals surface area (Å²) in [4.78, 5) is 11.3. The zero-order chi connectivity index (χ0) is 10.8. The zero-order valence-electron chi connectivity index (χ0n) is 9.68. The highest BCUT2D eigenvalue weighted by Gasteiger charge is 2.36. The number of carbonyl (C=O) groups is 1. The SMILES string of the molecule is C=CCC(C1CCC(=O)C1)[Si](C)(C)C. The molecule has 0 saturated heterocycles. The van der Waals surface area contributed by atoms with Gasteiger partial charge in [0.1, 0.15) is 5.78 Å². The first-order chi connectivity index (χ1) is 6.45. The Morgan fingerprint density at radius 3 is 2.57 bits per heavy atom. The van der Waals surface area contributed by atoms with E-state index in [0.717, 1.165) is 31.2 Å². The molecule has 0 aromatic heterocycles. The third-order valence-corrected chi connectivity index (χ3v) is 6.32. The predicted molar refractivity (Wildman–Crippen MR) is 64.3 cm³/mol. The van der Waals surface area contributed by atoms with Crippen molar-refractivity contribution < 1.29 is 4.79 Å². The monoisotopic (exact) mass is 210 g/mol. The molecule has 0 amide bonds. The second-order valence-corrected chi connectivity index (χ2v) is 11.0. The van der Waals surface area contributed by atoms with Gasteiger partial charge in [0.25, 0.3) is 0 Å². The van der Waals surface area contributed by atoms with Crippen molar-refractivity contribution in [2.75, 3.05) is 0 Å². The number of allylic oxidation sites excluding steroid dienone is 1. The lowest BCUT2D eigenvalue weighted by Crippen LogP contribution is -2.32. The van der Waals surface area contributed by atoms with Gasteiger partial charge in [-0.2, -0.15) is 0 Å². The molecule has 0 radical (unpaired) electrons. The molecular weight excluding hydrogens is 188 g/mol. The molecular formula is C12H22OSi. The van der Waals surface area contributed by atoms with Crippen molar-refractivity contribution in [3.8, 4) is 0 Å². The predicted octanol–water partition coefficient (Wildman–Crippen LogP) is 3.64. The fourth-order valence-corrected chi connectivity index (χ4v) is 5.19. The molecule has 2 heteroatoms. The average Bonchev–Trinajstić information content (AvgIpc) is 2.45. The molecule has 14 heavy (non-hydrogen) atoms. The first kappa shape index (κ1) is 11.7. The van der Waals surface area contributed by atoms with Gasteiger partial charge in [0.2, 0.25) is 0 Å². The third-order valence-electron chi connectivity index (χ3n) is 3.39. The Morgan fingerprint density at radius 2 is 2.21 bits per heavy atom. The maximum Gasteiger partial charge on any atom is 0.133 e. The molecule has 0 bridgehead atoms. The van der Waals surface area contributed by atoms with Gasteiger partial charge in [-0.05, 0) is 24.3 Å². The van der Waals surface area contributed by atoms with Gasteiger partial charge in [0.15, 0.2) is 0 Å². The molecule has 0 N–H and O–H groups in total. The number of Topliss-reactive ketones (excluding diaryl/α,β-unsaturated/α-hetero) is 1. The van der Waals surface area contributed by atoms with Crippen LogP contribution in [0.4, 0.5) is 0 Å². The largest absolute Gasteiger partial charge is 0.300 e. The fourth-order valence-electron chi connectivity index (χ4n) is 2.62. The Kier molecular flexibility index (Phi) is 3.70.